The van der Waals surface area contributed by atoms with Crippen molar-refractivity contribution in [3.05, 3.63) is 46.7 Å². The first-order valence-corrected chi connectivity index (χ1v) is 5.58. The van der Waals surface area contributed by atoms with E-state index in [0.717, 1.165) is 0 Å². The number of hydrogen-bond acceptors (Lipinski definition) is 3. The Hall–Kier alpha value is -2.01. The Kier molecular flexibility index (Phi) is 3.53. The lowest BCUT2D eigenvalue weighted by molar-refractivity contribution is 0.0689. The molecule has 0 saturated carbocycles. The van der Waals surface area contributed by atoms with Crippen LogP contribution in [0, 0.1) is 0 Å². The van der Waals surface area contributed by atoms with E-state index in [1.807, 2.05) is 0 Å². The van der Waals surface area contributed by atoms with Crippen LogP contribution >= 0.6 is 11.6 Å². The van der Waals surface area contributed by atoms with E-state index >= 15 is 0 Å². The topological polar surface area (TPSA) is 64.4 Å². The van der Waals surface area contributed by atoms with Gasteiger partial charge in [-0.2, -0.15) is 5.10 Å². The highest BCUT2D eigenvalue weighted by Gasteiger charge is 2.11. The van der Waals surface area contributed by atoms with E-state index in [-0.39, 0.29) is 12.3 Å². The molecule has 0 spiro atoms. The van der Waals surface area contributed by atoms with E-state index < -0.39 is 5.97 Å². The number of carbonyl (C=O) groups is 1. The molecule has 6 heteroatoms. The third-order valence-electron chi connectivity index (χ3n) is 2.38. The standard InChI is InChI=1S/C12H11ClN2O3/c1-15-9(6-11(14-15)12(16)17)7-18-10-4-2-3-8(13)5-10/h2-6H,7H2,1H3,(H,16,17). The highest BCUT2D eigenvalue weighted by Crippen LogP contribution is 2.18. The third-order valence-corrected chi connectivity index (χ3v) is 2.61. The summed E-state index contributed by atoms with van der Waals surface area (Å²) >= 11 is 5.83. The summed E-state index contributed by atoms with van der Waals surface area (Å²) in [5.41, 5.74) is 0.676. The molecule has 2 aromatic rings. The van der Waals surface area contributed by atoms with Crippen LogP contribution in [0.15, 0.2) is 30.3 Å². The summed E-state index contributed by atoms with van der Waals surface area (Å²) in [7, 11) is 1.67. The first kappa shape index (κ1) is 12.4. The van der Waals surface area contributed by atoms with Crippen LogP contribution in [0.4, 0.5) is 0 Å². The molecule has 94 valence electrons. The van der Waals surface area contributed by atoms with Gasteiger partial charge in [-0.05, 0) is 24.3 Å². The van der Waals surface area contributed by atoms with Crippen LogP contribution in [-0.2, 0) is 13.7 Å². The van der Waals surface area contributed by atoms with Crippen LogP contribution in [0.5, 0.6) is 5.75 Å². The number of carboxylic acid groups (broad SMARTS) is 1. The Bertz CT molecular complexity index is 580. The quantitative estimate of drug-likeness (QED) is 0.923. The summed E-state index contributed by atoms with van der Waals surface area (Å²) in [6, 6.07) is 8.48. The molecule has 0 aliphatic heterocycles. The lowest BCUT2D eigenvalue weighted by Crippen LogP contribution is -2.03. The zero-order valence-corrected chi connectivity index (χ0v) is 10.4. The molecule has 0 atom stereocenters. The molecule has 0 bridgehead atoms. The highest BCUT2D eigenvalue weighted by atomic mass is 35.5. The number of nitrogens with zero attached hydrogens (tertiary/aromatic N) is 2. The van der Waals surface area contributed by atoms with E-state index in [4.69, 9.17) is 21.4 Å². The average molecular weight is 267 g/mol. The van der Waals surface area contributed by atoms with E-state index in [1.54, 1.807) is 31.3 Å². The van der Waals surface area contributed by atoms with Gasteiger partial charge in [0.25, 0.3) is 0 Å². The van der Waals surface area contributed by atoms with Crippen LogP contribution in [0.3, 0.4) is 0 Å². The van der Waals surface area contributed by atoms with Crippen LogP contribution in [-0.4, -0.2) is 20.9 Å². The zero-order chi connectivity index (χ0) is 13.1. The second-order valence-corrected chi connectivity index (χ2v) is 4.13. The van der Waals surface area contributed by atoms with Gasteiger partial charge in [-0.1, -0.05) is 17.7 Å². The highest BCUT2D eigenvalue weighted by molar-refractivity contribution is 6.30. The minimum Gasteiger partial charge on any atom is -0.487 e. The van der Waals surface area contributed by atoms with Crippen LogP contribution in [0.2, 0.25) is 5.02 Å². The number of halogens is 1. The maximum Gasteiger partial charge on any atom is 0.356 e. The predicted molar refractivity (Wildman–Crippen MR) is 66.0 cm³/mol. The Morgan fingerprint density at radius 3 is 2.89 bits per heavy atom. The largest absolute Gasteiger partial charge is 0.487 e. The second-order valence-electron chi connectivity index (χ2n) is 3.70. The molecule has 0 unspecified atom stereocenters. The molecule has 18 heavy (non-hydrogen) atoms. The van der Waals surface area contributed by atoms with Gasteiger partial charge in [0, 0.05) is 12.1 Å². The molecule has 1 heterocycles. The number of benzene rings is 1. The molecule has 1 N–H and O–H groups in total. The average Bonchev–Trinajstić information content (AvgIpc) is 2.68. The maximum absolute atomic E-state index is 10.8. The Morgan fingerprint density at radius 1 is 1.50 bits per heavy atom. The van der Waals surface area contributed by atoms with Gasteiger partial charge in [-0.3, -0.25) is 4.68 Å². The van der Waals surface area contributed by atoms with Crippen molar-refractivity contribution in [3.8, 4) is 5.75 Å². The van der Waals surface area contributed by atoms with Gasteiger partial charge < -0.3 is 9.84 Å². The van der Waals surface area contributed by atoms with Gasteiger partial charge in [-0.25, -0.2) is 4.79 Å². The maximum atomic E-state index is 10.8. The van der Waals surface area contributed by atoms with Crippen LogP contribution in [0.1, 0.15) is 16.2 Å². The fourth-order valence-electron chi connectivity index (χ4n) is 1.46. The van der Waals surface area contributed by atoms with E-state index in [2.05, 4.69) is 5.10 Å². The third kappa shape index (κ3) is 2.81. The van der Waals surface area contributed by atoms with Crippen molar-refractivity contribution in [2.75, 3.05) is 0 Å². The van der Waals surface area contributed by atoms with E-state index in [0.29, 0.717) is 16.5 Å². The zero-order valence-electron chi connectivity index (χ0n) is 9.63. The number of rotatable bonds is 4. The van der Waals surface area contributed by atoms with Crippen molar-refractivity contribution in [2.24, 2.45) is 7.05 Å². The molecule has 0 radical (unpaired) electrons. The summed E-state index contributed by atoms with van der Waals surface area (Å²) in [5.74, 6) is -0.430. The van der Waals surface area contributed by atoms with Gasteiger partial charge in [0.05, 0.1) is 5.69 Å². The number of aromatic carboxylic acids is 1. The minimum atomic E-state index is -1.06. The first-order chi connectivity index (χ1) is 8.56. The van der Waals surface area contributed by atoms with Gasteiger partial charge in [-0.15, -0.1) is 0 Å². The molecule has 0 fully saturated rings. The van der Waals surface area contributed by atoms with Gasteiger partial charge >= 0.3 is 5.97 Å². The van der Waals surface area contributed by atoms with Gasteiger partial charge in [0.1, 0.15) is 12.4 Å². The smallest absolute Gasteiger partial charge is 0.356 e. The molecule has 2 rings (SSSR count). The second kappa shape index (κ2) is 5.10. The summed E-state index contributed by atoms with van der Waals surface area (Å²) < 4.78 is 6.99. The van der Waals surface area contributed by atoms with Crippen LogP contribution in [0.25, 0.3) is 0 Å². The normalized spacial score (nSPS) is 10.3. The molecule has 0 aliphatic carbocycles. The van der Waals surface area contributed by atoms with Crippen molar-refractivity contribution in [1.29, 1.82) is 0 Å². The number of carboxylic acids is 1. The Morgan fingerprint density at radius 2 is 2.28 bits per heavy atom. The van der Waals surface area contributed by atoms with Gasteiger partial charge in [0.2, 0.25) is 0 Å². The summed E-state index contributed by atoms with van der Waals surface area (Å²) in [5, 5.41) is 13.2. The molecule has 0 aliphatic rings. The number of aryl methyl sites for hydroxylation is 1. The van der Waals surface area contributed by atoms with Crippen molar-refractivity contribution in [1.82, 2.24) is 9.78 Å². The molecule has 5 nitrogen and oxygen atoms in total. The molecule has 1 aromatic carbocycles. The Balaban J connectivity index is 2.08. The summed E-state index contributed by atoms with van der Waals surface area (Å²) in [6.45, 7) is 0.233. The minimum absolute atomic E-state index is 0.00203. The van der Waals surface area contributed by atoms with E-state index in [1.165, 1.54) is 10.7 Å². The fourth-order valence-corrected chi connectivity index (χ4v) is 1.64. The van der Waals surface area contributed by atoms with Crippen molar-refractivity contribution in [3.63, 3.8) is 0 Å². The summed E-state index contributed by atoms with van der Waals surface area (Å²) in [4.78, 5) is 10.8. The molecule has 1 aromatic heterocycles. The number of ether oxygens (including phenoxy) is 1. The lowest BCUT2D eigenvalue weighted by atomic mass is 10.3. The molecule has 0 amide bonds. The first-order valence-electron chi connectivity index (χ1n) is 5.21. The lowest BCUT2D eigenvalue weighted by Gasteiger charge is -2.06. The Labute approximate surface area is 109 Å². The molecular formula is C12H11ClN2O3. The molecule has 0 saturated heterocycles. The van der Waals surface area contributed by atoms with Crippen molar-refractivity contribution in [2.45, 2.75) is 6.61 Å². The molecular weight excluding hydrogens is 256 g/mol. The SMILES string of the molecule is Cn1nc(C(=O)O)cc1COc1cccc(Cl)c1. The van der Waals surface area contributed by atoms with Gasteiger partial charge in [0.15, 0.2) is 5.69 Å². The fraction of sp³-hybridized carbons (Fsp3) is 0.167. The number of hydrogen-bond donors (Lipinski definition) is 1. The summed E-state index contributed by atoms with van der Waals surface area (Å²) in [6.07, 6.45) is 0. The monoisotopic (exact) mass is 266 g/mol. The predicted octanol–water partition coefficient (Wildman–Crippen LogP) is 2.35. The van der Waals surface area contributed by atoms with Crippen molar-refractivity contribution >= 4 is 17.6 Å². The van der Waals surface area contributed by atoms with E-state index in [9.17, 15) is 4.79 Å². The van der Waals surface area contributed by atoms with Crippen molar-refractivity contribution < 1.29 is 14.6 Å². The van der Waals surface area contributed by atoms with Crippen LogP contribution < -0.4 is 4.74 Å². The number of aromatic nitrogens is 2.